The zero-order valence-electron chi connectivity index (χ0n) is 23.6. The number of H-pyrrole nitrogens is 1. The molecule has 0 aliphatic heterocycles. The molecule has 5 aromatic rings. The molecule has 0 amide bonds. The normalized spacial score (nSPS) is 11.3. The number of fused-ring (bicyclic) bond motifs is 1. The van der Waals surface area contributed by atoms with Crippen molar-refractivity contribution < 1.29 is 30.0 Å². The van der Waals surface area contributed by atoms with E-state index < -0.39 is 0 Å². The van der Waals surface area contributed by atoms with Gasteiger partial charge >= 0.3 is 0 Å². The summed E-state index contributed by atoms with van der Waals surface area (Å²) in [5.74, 6) is -1.56. The second-order valence-electron chi connectivity index (χ2n) is 10.6. The molecule has 0 saturated heterocycles. The van der Waals surface area contributed by atoms with E-state index in [0.29, 0.717) is 27.4 Å². The number of halogens is 1. The predicted octanol–water partition coefficient (Wildman–Crippen LogP) is 7.51. The zero-order chi connectivity index (χ0) is 30.5. The van der Waals surface area contributed by atoms with Gasteiger partial charge in [0.05, 0.1) is 11.1 Å². The molecule has 0 atom stereocenters. The molecule has 0 bridgehead atoms. The topological polar surface area (TPSA) is 131 Å². The smallest absolute Gasteiger partial charge is 0.163 e. The summed E-state index contributed by atoms with van der Waals surface area (Å²) in [6.45, 7) is 6.01. The first-order chi connectivity index (χ1) is 19.9. The molecule has 8 heteroatoms. The average Bonchev–Trinajstić information content (AvgIpc) is 3.29. The summed E-state index contributed by atoms with van der Waals surface area (Å²) >= 11 is 6.10. The zero-order valence-corrected chi connectivity index (χ0v) is 24.3. The van der Waals surface area contributed by atoms with Gasteiger partial charge in [-0.1, -0.05) is 29.8 Å². The summed E-state index contributed by atoms with van der Waals surface area (Å²) in [6, 6.07) is 16.1. The minimum absolute atomic E-state index is 0.0207. The summed E-state index contributed by atoms with van der Waals surface area (Å²) < 4.78 is 0. The van der Waals surface area contributed by atoms with Crippen LogP contribution in [0.1, 0.15) is 68.1 Å². The Kier molecular flexibility index (Phi) is 7.47. The lowest BCUT2D eigenvalue weighted by atomic mass is 9.91. The molecule has 0 fully saturated rings. The summed E-state index contributed by atoms with van der Waals surface area (Å²) in [5.41, 5.74) is 5.27. The molecule has 5 rings (SSSR count). The van der Waals surface area contributed by atoms with Gasteiger partial charge in [-0.05, 0) is 91.9 Å². The summed E-state index contributed by atoms with van der Waals surface area (Å²) in [4.78, 5) is 27.9. The third-order valence-electron chi connectivity index (χ3n) is 7.76. The van der Waals surface area contributed by atoms with Crippen molar-refractivity contribution in [3.63, 3.8) is 0 Å². The van der Waals surface area contributed by atoms with Crippen LogP contribution in [0.2, 0.25) is 5.02 Å². The minimum atomic E-state index is -0.340. The van der Waals surface area contributed by atoms with Crippen LogP contribution in [0.15, 0.2) is 54.6 Å². The van der Waals surface area contributed by atoms with Crippen molar-refractivity contribution in [2.24, 2.45) is 0 Å². The molecule has 42 heavy (non-hydrogen) atoms. The largest absolute Gasteiger partial charge is 0.507 e. The van der Waals surface area contributed by atoms with E-state index in [9.17, 15) is 30.0 Å². The lowest BCUT2D eigenvalue weighted by Gasteiger charge is -2.16. The van der Waals surface area contributed by atoms with E-state index in [4.69, 9.17) is 11.6 Å². The summed E-state index contributed by atoms with van der Waals surface area (Å²) in [5, 5.41) is 45.4. The number of nitrogens with one attached hydrogen (secondary N) is 1. The number of aromatic nitrogens is 1. The number of rotatable bonds is 7. The van der Waals surface area contributed by atoms with E-state index in [1.165, 1.54) is 26.0 Å². The van der Waals surface area contributed by atoms with Crippen LogP contribution in [0.3, 0.4) is 0 Å². The fraction of sp³-hybridized carbons (Fsp3) is 0.176. The number of Topliss-reactive ketones (excluding diaryl/α,β-unsaturated/α-hetero) is 2. The van der Waals surface area contributed by atoms with Crippen LogP contribution in [0.4, 0.5) is 0 Å². The fourth-order valence-electron chi connectivity index (χ4n) is 5.44. The molecule has 7 nitrogen and oxygen atoms in total. The third-order valence-corrected chi connectivity index (χ3v) is 8.01. The highest BCUT2D eigenvalue weighted by molar-refractivity contribution is 6.30. The lowest BCUT2D eigenvalue weighted by Crippen LogP contribution is -2.03. The number of phenolic OH excluding ortho intramolecular Hbond substituents is 4. The van der Waals surface area contributed by atoms with Crippen LogP contribution in [0, 0.1) is 13.8 Å². The lowest BCUT2D eigenvalue weighted by molar-refractivity contribution is 0.100. The maximum absolute atomic E-state index is 12.3. The van der Waals surface area contributed by atoms with Crippen molar-refractivity contribution in [1.29, 1.82) is 0 Å². The average molecular weight is 584 g/mol. The highest BCUT2D eigenvalue weighted by Gasteiger charge is 2.24. The van der Waals surface area contributed by atoms with Crippen LogP contribution in [0.5, 0.6) is 23.0 Å². The number of aromatic amines is 1. The highest BCUT2D eigenvalue weighted by Crippen LogP contribution is 2.41. The van der Waals surface area contributed by atoms with Gasteiger partial charge in [0.25, 0.3) is 0 Å². The standard InChI is InChI=1S/C34H30ClNO6/c1-16-11-23(18(3)37)33(41)27(31(16)39)14-26-25-13-21(20-5-8-22(35)9-6-20)7-10-29(25)36-30(26)15-28-32(40)17(2)12-24(19(4)38)34(28)42/h5-13,36,39-42H,14-15H2,1-4H3. The van der Waals surface area contributed by atoms with Crippen LogP contribution >= 0.6 is 11.6 Å². The van der Waals surface area contributed by atoms with Gasteiger partial charge < -0.3 is 25.4 Å². The second kappa shape index (κ2) is 10.9. The number of benzene rings is 4. The second-order valence-corrected chi connectivity index (χ2v) is 11.1. The highest BCUT2D eigenvalue weighted by atomic mass is 35.5. The Labute approximate surface area is 247 Å². The molecule has 0 radical (unpaired) electrons. The summed E-state index contributed by atoms with van der Waals surface area (Å²) in [6.07, 6.45) is 0.0543. The van der Waals surface area contributed by atoms with E-state index in [1.54, 1.807) is 26.0 Å². The van der Waals surface area contributed by atoms with Crippen molar-refractivity contribution in [3.8, 4) is 34.1 Å². The molecule has 4 aromatic carbocycles. The van der Waals surface area contributed by atoms with E-state index in [2.05, 4.69) is 4.98 Å². The van der Waals surface area contributed by atoms with Crippen molar-refractivity contribution in [1.82, 2.24) is 4.98 Å². The number of hydrogen-bond acceptors (Lipinski definition) is 6. The Bertz CT molecular complexity index is 1900. The third kappa shape index (κ3) is 5.08. The molecular formula is C34H30ClNO6. The van der Waals surface area contributed by atoms with Gasteiger partial charge in [-0.25, -0.2) is 0 Å². The number of carbonyl (C=O) groups is 2. The Morgan fingerprint density at radius 1 is 0.667 bits per heavy atom. The summed E-state index contributed by atoms with van der Waals surface area (Å²) in [7, 11) is 0. The SMILES string of the molecule is CC(=O)c1cc(C)c(O)c(Cc2[nH]c3ccc(-c4ccc(Cl)cc4)cc3c2Cc2c(O)c(C)cc(C(C)=O)c2O)c1O. The number of ketones is 2. The Morgan fingerprint density at radius 2 is 1.17 bits per heavy atom. The first-order valence-corrected chi connectivity index (χ1v) is 13.7. The van der Waals surface area contributed by atoms with Gasteiger partial charge in [0, 0.05) is 45.6 Å². The number of aromatic hydroxyl groups is 4. The van der Waals surface area contributed by atoms with Gasteiger partial charge in [0.15, 0.2) is 11.6 Å². The van der Waals surface area contributed by atoms with Crippen molar-refractivity contribution in [2.45, 2.75) is 40.5 Å². The number of hydrogen-bond donors (Lipinski definition) is 5. The molecule has 1 heterocycles. The quantitative estimate of drug-likeness (QED) is 0.126. The number of carbonyl (C=O) groups excluding carboxylic acids is 2. The van der Waals surface area contributed by atoms with Crippen molar-refractivity contribution >= 4 is 34.1 Å². The van der Waals surface area contributed by atoms with Crippen molar-refractivity contribution in [3.05, 3.63) is 104 Å². The maximum Gasteiger partial charge on any atom is 0.163 e. The van der Waals surface area contributed by atoms with Gasteiger partial charge in [-0.15, -0.1) is 0 Å². The molecular weight excluding hydrogens is 554 g/mol. The predicted molar refractivity (Wildman–Crippen MR) is 163 cm³/mol. The van der Waals surface area contributed by atoms with E-state index >= 15 is 0 Å². The van der Waals surface area contributed by atoms with Gasteiger partial charge in [-0.3, -0.25) is 9.59 Å². The molecule has 214 valence electrons. The van der Waals surface area contributed by atoms with Crippen LogP contribution in [-0.4, -0.2) is 37.0 Å². The van der Waals surface area contributed by atoms with E-state index in [0.717, 1.165) is 22.0 Å². The molecule has 0 aliphatic rings. The maximum atomic E-state index is 12.3. The molecule has 0 unspecified atom stereocenters. The molecule has 0 spiro atoms. The molecule has 5 N–H and O–H groups in total. The fourth-order valence-corrected chi connectivity index (χ4v) is 5.56. The van der Waals surface area contributed by atoms with Crippen LogP contribution in [0.25, 0.3) is 22.0 Å². The molecule has 0 saturated carbocycles. The van der Waals surface area contributed by atoms with Gasteiger partial charge in [-0.2, -0.15) is 0 Å². The number of phenols is 4. The Balaban J connectivity index is 1.75. The van der Waals surface area contributed by atoms with Gasteiger partial charge in [0.2, 0.25) is 0 Å². The molecule has 1 aromatic heterocycles. The molecule has 0 aliphatic carbocycles. The monoisotopic (exact) mass is 583 g/mol. The Hall–Kier alpha value is -4.75. The first kappa shape index (κ1) is 28.8. The number of aryl methyl sites for hydroxylation is 2. The first-order valence-electron chi connectivity index (χ1n) is 13.4. The minimum Gasteiger partial charge on any atom is -0.507 e. The van der Waals surface area contributed by atoms with Crippen LogP contribution in [-0.2, 0) is 12.8 Å². The van der Waals surface area contributed by atoms with Crippen molar-refractivity contribution in [2.75, 3.05) is 0 Å². The van der Waals surface area contributed by atoms with Gasteiger partial charge in [0.1, 0.15) is 23.0 Å². The van der Waals surface area contributed by atoms with E-state index in [1.807, 2.05) is 30.3 Å². The van der Waals surface area contributed by atoms with Crippen LogP contribution < -0.4 is 0 Å². The Morgan fingerprint density at radius 3 is 1.69 bits per heavy atom. The van der Waals surface area contributed by atoms with E-state index in [-0.39, 0.29) is 69.7 Å².